The molecule has 2 amide bonds. The fourth-order valence-corrected chi connectivity index (χ4v) is 4.14. The SMILES string of the molecule is CC(C(=O)NNC(=O)c1ccc(CSc2ccc(Cl)cc2)cc1)n1cnc2ccccc21. The normalized spacial score (nSPS) is 11.8. The summed E-state index contributed by atoms with van der Waals surface area (Å²) in [6.45, 7) is 1.75. The second-order valence-corrected chi connectivity index (χ2v) is 8.68. The molecular weight excluding hydrogens is 444 g/mol. The van der Waals surface area contributed by atoms with Gasteiger partial charge < -0.3 is 4.57 Å². The lowest BCUT2D eigenvalue weighted by Gasteiger charge is -2.15. The molecule has 0 aliphatic carbocycles. The summed E-state index contributed by atoms with van der Waals surface area (Å²) in [5, 5.41) is 0.713. The molecule has 0 radical (unpaired) electrons. The van der Waals surface area contributed by atoms with Gasteiger partial charge >= 0.3 is 0 Å². The zero-order valence-electron chi connectivity index (χ0n) is 17.3. The summed E-state index contributed by atoms with van der Waals surface area (Å²) in [4.78, 5) is 30.4. The van der Waals surface area contributed by atoms with Crippen molar-refractivity contribution >= 4 is 46.2 Å². The van der Waals surface area contributed by atoms with Crippen LogP contribution < -0.4 is 10.9 Å². The number of amides is 2. The van der Waals surface area contributed by atoms with E-state index in [0.29, 0.717) is 10.6 Å². The third kappa shape index (κ3) is 5.12. The number of thioether (sulfide) groups is 1. The van der Waals surface area contributed by atoms with E-state index in [1.807, 2.05) is 60.7 Å². The Balaban J connectivity index is 1.30. The van der Waals surface area contributed by atoms with E-state index >= 15 is 0 Å². The van der Waals surface area contributed by atoms with Gasteiger partial charge in [-0.15, -0.1) is 11.8 Å². The highest BCUT2D eigenvalue weighted by atomic mass is 35.5. The summed E-state index contributed by atoms with van der Waals surface area (Å²) in [5.41, 5.74) is 8.20. The zero-order valence-corrected chi connectivity index (χ0v) is 18.9. The molecule has 2 N–H and O–H groups in total. The van der Waals surface area contributed by atoms with Crippen LogP contribution >= 0.6 is 23.4 Å². The molecule has 0 saturated carbocycles. The number of benzene rings is 3. The number of carbonyl (C=O) groups excluding carboxylic acids is 2. The minimum absolute atomic E-state index is 0.336. The van der Waals surface area contributed by atoms with E-state index < -0.39 is 6.04 Å². The van der Waals surface area contributed by atoms with E-state index in [2.05, 4.69) is 15.8 Å². The number of para-hydroxylation sites is 2. The van der Waals surface area contributed by atoms with Crippen LogP contribution in [0.3, 0.4) is 0 Å². The van der Waals surface area contributed by atoms with Crippen molar-refractivity contribution < 1.29 is 9.59 Å². The van der Waals surface area contributed by atoms with Gasteiger partial charge in [-0.2, -0.15) is 0 Å². The first kappa shape index (κ1) is 21.9. The van der Waals surface area contributed by atoms with Gasteiger partial charge in [0.2, 0.25) is 0 Å². The highest BCUT2D eigenvalue weighted by Gasteiger charge is 2.18. The predicted octanol–water partition coefficient (Wildman–Crippen LogP) is 5.00. The molecule has 0 bridgehead atoms. The van der Waals surface area contributed by atoms with Gasteiger partial charge in [-0.05, 0) is 61.0 Å². The quantitative estimate of drug-likeness (QED) is 0.311. The van der Waals surface area contributed by atoms with Crippen LogP contribution in [-0.2, 0) is 10.5 Å². The van der Waals surface area contributed by atoms with Crippen molar-refractivity contribution in [1.29, 1.82) is 0 Å². The number of nitrogens with zero attached hydrogens (tertiary/aromatic N) is 2. The van der Waals surface area contributed by atoms with Gasteiger partial charge in [-0.1, -0.05) is 35.9 Å². The molecule has 4 rings (SSSR count). The maximum absolute atomic E-state index is 12.5. The van der Waals surface area contributed by atoms with Gasteiger partial charge in [0.15, 0.2) is 0 Å². The summed E-state index contributed by atoms with van der Waals surface area (Å²) in [5.74, 6) is 0.0619. The second kappa shape index (κ2) is 9.89. The molecule has 4 aromatic rings. The van der Waals surface area contributed by atoms with E-state index in [4.69, 9.17) is 11.6 Å². The molecule has 1 aromatic heterocycles. The minimum Gasteiger partial charge on any atom is -0.318 e. The number of imidazole rings is 1. The number of halogens is 1. The third-order valence-corrected chi connectivity index (χ3v) is 6.35. The molecule has 162 valence electrons. The monoisotopic (exact) mass is 464 g/mol. The van der Waals surface area contributed by atoms with Crippen LogP contribution in [0.4, 0.5) is 0 Å². The van der Waals surface area contributed by atoms with Gasteiger partial charge in [0.25, 0.3) is 11.8 Å². The lowest BCUT2D eigenvalue weighted by molar-refractivity contribution is -0.124. The molecule has 0 spiro atoms. The molecule has 1 unspecified atom stereocenters. The number of hydrogen-bond acceptors (Lipinski definition) is 4. The first-order valence-corrected chi connectivity index (χ1v) is 11.4. The van der Waals surface area contributed by atoms with Crippen LogP contribution in [-0.4, -0.2) is 21.4 Å². The number of rotatable bonds is 6. The molecule has 1 atom stereocenters. The van der Waals surface area contributed by atoms with Crippen LogP contribution in [0, 0.1) is 0 Å². The maximum Gasteiger partial charge on any atom is 0.269 e. The summed E-state index contributed by atoms with van der Waals surface area (Å²) in [6.07, 6.45) is 1.62. The Morgan fingerprint density at radius 2 is 1.72 bits per heavy atom. The number of fused-ring (bicyclic) bond motifs is 1. The van der Waals surface area contributed by atoms with Crippen molar-refractivity contribution in [3.8, 4) is 0 Å². The van der Waals surface area contributed by atoms with Crippen molar-refractivity contribution in [3.63, 3.8) is 0 Å². The Bertz CT molecular complexity index is 1240. The van der Waals surface area contributed by atoms with Crippen molar-refractivity contribution in [3.05, 3.63) is 95.3 Å². The smallest absolute Gasteiger partial charge is 0.269 e. The first-order chi connectivity index (χ1) is 15.5. The lowest BCUT2D eigenvalue weighted by Crippen LogP contribution is -2.44. The number of nitrogens with one attached hydrogen (secondary N) is 2. The Labute approximate surface area is 195 Å². The van der Waals surface area contributed by atoms with E-state index in [0.717, 1.165) is 27.2 Å². The summed E-state index contributed by atoms with van der Waals surface area (Å²) in [7, 11) is 0. The largest absolute Gasteiger partial charge is 0.318 e. The molecule has 8 heteroatoms. The van der Waals surface area contributed by atoms with E-state index in [9.17, 15) is 9.59 Å². The van der Waals surface area contributed by atoms with Crippen molar-refractivity contribution in [2.24, 2.45) is 0 Å². The zero-order chi connectivity index (χ0) is 22.5. The average molecular weight is 465 g/mol. The number of hydrazine groups is 1. The topological polar surface area (TPSA) is 76.0 Å². The minimum atomic E-state index is -0.532. The maximum atomic E-state index is 12.5. The molecule has 6 nitrogen and oxygen atoms in total. The number of hydrogen-bond donors (Lipinski definition) is 2. The summed E-state index contributed by atoms with van der Waals surface area (Å²) >= 11 is 7.60. The highest BCUT2D eigenvalue weighted by Crippen LogP contribution is 2.24. The molecule has 32 heavy (non-hydrogen) atoms. The van der Waals surface area contributed by atoms with Gasteiger partial charge in [-0.25, -0.2) is 4.98 Å². The molecule has 1 heterocycles. The number of aromatic nitrogens is 2. The van der Waals surface area contributed by atoms with Crippen molar-refractivity contribution in [1.82, 2.24) is 20.4 Å². The van der Waals surface area contributed by atoms with Crippen LogP contribution in [0.2, 0.25) is 5.02 Å². The van der Waals surface area contributed by atoms with Crippen LogP contribution in [0.5, 0.6) is 0 Å². The van der Waals surface area contributed by atoms with Crippen molar-refractivity contribution in [2.75, 3.05) is 0 Å². The van der Waals surface area contributed by atoms with Gasteiger partial charge in [-0.3, -0.25) is 20.4 Å². The molecular formula is C24H21ClN4O2S. The van der Waals surface area contributed by atoms with Crippen LogP contribution in [0.25, 0.3) is 11.0 Å². The fourth-order valence-electron chi connectivity index (χ4n) is 3.16. The third-order valence-electron chi connectivity index (χ3n) is 5.01. The van der Waals surface area contributed by atoms with Gasteiger partial charge in [0, 0.05) is 21.2 Å². The highest BCUT2D eigenvalue weighted by molar-refractivity contribution is 7.98. The first-order valence-electron chi connectivity index (χ1n) is 10.0. The molecule has 0 fully saturated rings. The van der Waals surface area contributed by atoms with Crippen molar-refractivity contribution in [2.45, 2.75) is 23.6 Å². The lowest BCUT2D eigenvalue weighted by atomic mass is 10.1. The Morgan fingerprint density at radius 1 is 1.00 bits per heavy atom. The average Bonchev–Trinajstić information content (AvgIpc) is 3.26. The standard InChI is InChI=1S/C24H21ClN4O2S/c1-16(29-15-26-21-4-2-3-5-22(21)29)23(30)27-28-24(31)18-8-6-17(7-9-18)14-32-20-12-10-19(25)11-13-20/h2-13,15-16H,14H2,1H3,(H,27,30)(H,28,31). The van der Waals surface area contributed by atoms with E-state index in [-0.39, 0.29) is 11.8 Å². The van der Waals surface area contributed by atoms with E-state index in [1.165, 1.54) is 0 Å². The van der Waals surface area contributed by atoms with Crippen LogP contribution in [0.15, 0.2) is 84.0 Å². The molecule has 0 aliphatic rings. The summed E-state index contributed by atoms with van der Waals surface area (Å²) < 4.78 is 1.77. The number of carbonyl (C=O) groups is 2. The molecule has 0 saturated heterocycles. The molecule has 0 aliphatic heterocycles. The Morgan fingerprint density at radius 3 is 2.47 bits per heavy atom. The van der Waals surface area contributed by atoms with Gasteiger partial charge in [0.1, 0.15) is 6.04 Å². The van der Waals surface area contributed by atoms with Gasteiger partial charge in [0.05, 0.1) is 17.4 Å². The second-order valence-electron chi connectivity index (χ2n) is 7.20. The predicted molar refractivity (Wildman–Crippen MR) is 128 cm³/mol. The molecule has 3 aromatic carbocycles. The Hall–Kier alpha value is -3.29. The van der Waals surface area contributed by atoms with E-state index in [1.54, 1.807) is 41.7 Å². The summed E-state index contributed by atoms with van der Waals surface area (Å²) in [6, 6.07) is 22.0. The fraction of sp³-hybridized carbons (Fsp3) is 0.125. The Kier molecular flexibility index (Phi) is 6.78. The van der Waals surface area contributed by atoms with Crippen LogP contribution in [0.1, 0.15) is 28.9 Å².